The van der Waals surface area contributed by atoms with Crippen molar-refractivity contribution in [3.05, 3.63) is 0 Å². The first-order valence-corrected chi connectivity index (χ1v) is 11.3. The summed E-state index contributed by atoms with van der Waals surface area (Å²) in [5.74, 6) is 0. The SMILES string of the molecule is CN1P2CCP(O[C@@H]3CCCC[C@@H]3O2)N(C)S1=S. The van der Waals surface area contributed by atoms with Gasteiger partial charge in [0.05, 0.1) is 12.2 Å². The topological polar surface area (TPSA) is 24.9 Å². The van der Waals surface area contributed by atoms with Crippen molar-refractivity contribution in [1.29, 1.82) is 0 Å². The Hall–Kier alpha value is 1.27. The second-order valence-electron chi connectivity index (χ2n) is 4.88. The predicted octanol–water partition coefficient (Wildman–Crippen LogP) is 2.76. The van der Waals surface area contributed by atoms with Gasteiger partial charge in [0.15, 0.2) is 0 Å². The minimum absolute atomic E-state index is 0.273. The van der Waals surface area contributed by atoms with Gasteiger partial charge in [0, 0.05) is 36.2 Å². The molecule has 5 atom stereocenters. The van der Waals surface area contributed by atoms with Crippen LogP contribution in [0.1, 0.15) is 25.7 Å². The maximum absolute atomic E-state index is 6.38. The van der Waals surface area contributed by atoms with Crippen LogP contribution in [0, 0.1) is 0 Å². The monoisotopic (exact) mass is 326 g/mol. The highest BCUT2D eigenvalue weighted by Crippen LogP contribution is 2.58. The summed E-state index contributed by atoms with van der Waals surface area (Å²) in [6.07, 6.45) is 7.75. The molecule has 4 nitrogen and oxygen atoms in total. The van der Waals surface area contributed by atoms with Crippen molar-refractivity contribution in [3.63, 3.8) is 0 Å². The Morgan fingerprint density at radius 1 is 1.00 bits per heavy atom. The van der Waals surface area contributed by atoms with Gasteiger partial charge in [-0.1, -0.05) is 12.8 Å². The van der Waals surface area contributed by atoms with Gasteiger partial charge in [-0.3, -0.25) is 0 Å². The normalized spacial score (nSPS) is 47.1. The Balaban J connectivity index is 1.88. The van der Waals surface area contributed by atoms with Gasteiger partial charge in [-0.05, 0) is 24.0 Å². The van der Waals surface area contributed by atoms with E-state index >= 15 is 0 Å². The van der Waals surface area contributed by atoms with Gasteiger partial charge in [0.1, 0.15) is 16.6 Å². The lowest BCUT2D eigenvalue weighted by Crippen LogP contribution is -2.35. The minimum Gasteiger partial charge on any atom is -0.337 e. The number of fused-ring (bicyclic) bond motifs is 4. The first-order valence-electron chi connectivity index (χ1n) is 6.45. The predicted molar refractivity (Wildman–Crippen MR) is 82.0 cm³/mol. The van der Waals surface area contributed by atoms with E-state index in [2.05, 4.69) is 22.2 Å². The van der Waals surface area contributed by atoms with Crippen LogP contribution >= 0.6 is 16.6 Å². The summed E-state index contributed by atoms with van der Waals surface area (Å²) in [6.45, 7) is 0. The van der Waals surface area contributed by atoms with Crippen LogP contribution in [0.3, 0.4) is 0 Å². The van der Waals surface area contributed by atoms with E-state index in [0.717, 1.165) is 25.2 Å². The zero-order valence-electron chi connectivity index (χ0n) is 10.8. The molecule has 104 valence electrons. The molecule has 0 N–H and O–H groups in total. The van der Waals surface area contributed by atoms with E-state index < -0.39 is 16.6 Å². The van der Waals surface area contributed by atoms with E-state index in [1.807, 2.05) is 0 Å². The van der Waals surface area contributed by atoms with Crippen LogP contribution in [0.2, 0.25) is 0 Å². The van der Waals surface area contributed by atoms with Crippen LogP contribution in [-0.2, 0) is 30.1 Å². The van der Waals surface area contributed by atoms with E-state index in [1.54, 1.807) is 0 Å². The van der Waals surface area contributed by atoms with E-state index in [-0.39, 0.29) is 9.83 Å². The fourth-order valence-corrected chi connectivity index (χ4v) is 10.6. The van der Waals surface area contributed by atoms with Gasteiger partial charge in [-0.15, -0.1) is 0 Å². The minimum atomic E-state index is -0.509. The maximum Gasteiger partial charge on any atom is 0.116 e. The average molecular weight is 326 g/mol. The first-order chi connectivity index (χ1) is 8.66. The Morgan fingerprint density at radius 2 is 1.44 bits per heavy atom. The summed E-state index contributed by atoms with van der Waals surface area (Å²) >= 11 is 5.65. The molecule has 3 fully saturated rings. The van der Waals surface area contributed by atoms with Crippen molar-refractivity contribution >= 4 is 37.6 Å². The van der Waals surface area contributed by atoms with Gasteiger partial charge in [-0.2, -0.15) is 8.15 Å². The molecule has 1 saturated carbocycles. The molecule has 0 aromatic heterocycles. The third kappa shape index (κ3) is 2.68. The molecule has 2 saturated heterocycles. The van der Waals surface area contributed by atoms with E-state index in [1.165, 1.54) is 12.8 Å². The van der Waals surface area contributed by atoms with Gasteiger partial charge in [-0.25, -0.2) is 0 Å². The van der Waals surface area contributed by atoms with Crippen molar-refractivity contribution < 1.29 is 9.05 Å². The molecule has 0 radical (unpaired) electrons. The molecule has 0 aromatic rings. The third-order valence-corrected chi connectivity index (χ3v) is 12.5. The van der Waals surface area contributed by atoms with E-state index in [9.17, 15) is 0 Å². The van der Waals surface area contributed by atoms with Gasteiger partial charge in [0.25, 0.3) is 0 Å². The standard InChI is InChI=1S/C10H20N2O2P2S2/c1-11-15-7-8-16(12(2)18(11)17)14-10-6-4-3-5-9(10)13-15/h9-10H,3-8H2,1-2H3/t9-,10+,15?,16?,18?. The second-order valence-corrected chi connectivity index (χ2v) is 11.8. The highest BCUT2D eigenvalue weighted by Gasteiger charge is 2.41. The van der Waals surface area contributed by atoms with Crippen LogP contribution in [-0.4, -0.2) is 46.8 Å². The molecular formula is C10H20N2O2P2S2. The van der Waals surface area contributed by atoms with Crippen molar-refractivity contribution in [2.45, 2.75) is 37.9 Å². The van der Waals surface area contributed by atoms with Crippen molar-refractivity contribution in [2.75, 3.05) is 26.4 Å². The molecule has 3 rings (SSSR count). The number of hydrogen-bond acceptors (Lipinski definition) is 3. The smallest absolute Gasteiger partial charge is 0.116 e. The maximum atomic E-state index is 6.38. The lowest BCUT2D eigenvalue weighted by molar-refractivity contribution is 0.0321. The van der Waals surface area contributed by atoms with Crippen LogP contribution in [0.25, 0.3) is 0 Å². The second kappa shape index (κ2) is 5.95. The summed E-state index contributed by atoms with van der Waals surface area (Å²) in [7, 11) is 2.96. The first kappa shape index (κ1) is 14.2. The molecule has 2 bridgehead atoms. The van der Waals surface area contributed by atoms with Gasteiger partial charge >= 0.3 is 0 Å². The molecule has 2 heterocycles. The molecular weight excluding hydrogens is 306 g/mol. The lowest BCUT2D eigenvalue weighted by atomic mass is 9.95. The molecule has 0 spiro atoms. The Kier molecular flexibility index (Phi) is 4.70. The summed E-state index contributed by atoms with van der Waals surface area (Å²) in [6, 6.07) is 0. The zero-order chi connectivity index (χ0) is 12.7. The molecule has 3 aliphatic rings. The Labute approximate surface area is 119 Å². The van der Waals surface area contributed by atoms with Crippen molar-refractivity contribution in [2.24, 2.45) is 0 Å². The fourth-order valence-electron chi connectivity index (χ4n) is 2.63. The molecule has 0 aromatic carbocycles. The summed E-state index contributed by atoms with van der Waals surface area (Å²) in [4.78, 5) is 0. The Morgan fingerprint density at radius 3 is 1.89 bits per heavy atom. The van der Waals surface area contributed by atoms with Crippen LogP contribution in [0.4, 0.5) is 0 Å². The summed E-state index contributed by atoms with van der Waals surface area (Å²) in [5, 5.41) is 0. The summed E-state index contributed by atoms with van der Waals surface area (Å²) < 4.78 is 17.3. The van der Waals surface area contributed by atoms with Crippen molar-refractivity contribution in [1.82, 2.24) is 8.15 Å². The number of nitrogens with zero attached hydrogens (tertiary/aromatic N) is 2. The van der Waals surface area contributed by atoms with Crippen LogP contribution in [0.5, 0.6) is 0 Å². The quantitative estimate of drug-likeness (QED) is 0.638. The van der Waals surface area contributed by atoms with Gasteiger partial charge in [0.2, 0.25) is 0 Å². The number of rotatable bonds is 0. The third-order valence-electron chi connectivity index (χ3n) is 3.72. The lowest BCUT2D eigenvalue weighted by Gasteiger charge is -2.37. The molecule has 18 heavy (non-hydrogen) atoms. The highest BCUT2D eigenvalue weighted by molar-refractivity contribution is 8.29. The van der Waals surface area contributed by atoms with E-state index in [0.29, 0.717) is 12.2 Å². The molecule has 1 aliphatic carbocycles. The molecule has 0 amide bonds. The van der Waals surface area contributed by atoms with Crippen molar-refractivity contribution in [3.8, 4) is 0 Å². The van der Waals surface area contributed by atoms with Crippen LogP contribution < -0.4 is 0 Å². The molecule has 3 unspecified atom stereocenters. The zero-order valence-corrected chi connectivity index (χ0v) is 14.2. The van der Waals surface area contributed by atoms with E-state index in [4.69, 9.17) is 20.2 Å². The largest absolute Gasteiger partial charge is 0.337 e. The highest BCUT2D eigenvalue weighted by atomic mass is 32.8. The van der Waals surface area contributed by atoms with Gasteiger partial charge < -0.3 is 9.05 Å². The fraction of sp³-hybridized carbons (Fsp3) is 1.00. The molecule has 8 heteroatoms. The molecule has 2 aliphatic heterocycles. The summed E-state index contributed by atoms with van der Waals surface area (Å²) in [5.41, 5.74) is 0. The van der Waals surface area contributed by atoms with Crippen LogP contribution in [0.15, 0.2) is 0 Å². The average Bonchev–Trinajstić information content (AvgIpc) is 2.43. The Bertz CT molecular complexity index is 320. The number of hydrogen-bond donors (Lipinski definition) is 0.